The molecular formula is C4H5FNP. The van der Waals surface area contributed by atoms with Gasteiger partial charge in [-0.2, -0.15) is 0 Å². The first-order chi connectivity index (χ1) is 3.30. The number of nitrogens with one attached hydrogen (secondary N) is 1. The molecule has 1 nitrogen and oxygen atoms in total. The Hall–Kier alpha value is -0.360. The van der Waals surface area contributed by atoms with Gasteiger partial charge in [0.2, 0.25) is 0 Å². The van der Waals surface area contributed by atoms with Gasteiger partial charge in [-0.3, -0.25) is 0 Å². The van der Waals surface area contributed by atoms with Crippen LogP contribution in [-0.4, -0.2) is 4.98 Å². The van der Waals surface area contributed by atoms with Crippen molar-refractivity contribution in [1.82, 2.24) is 4.98 Å². The van der Waals surface area contributed by atoms with Crippen LogP contribution in [-0.2, 0) is 0 Å². The third-order valence-corrected chi connectivity index (χ3v) is 1.17. The number of halogens is 1. The van der Waals surface area contributed by atoms with Gasteiger partial charge in [-0.05, 0) is 0 Å². The third kappa shape index (κ3) is 0.804. The monoisotopic (exact) mass is 117 g/mol. The average Bonchev–Trinajstić information content (AvgIpc) is 1.91. The molecule has 0 amide bonds. The van der Waals surface area contributed by atoms with E-state index in [0.29, 0.717) is 5.30 Å². The molecule has 0 saturated carbocycles. The molecule has 38 valence electrons. The average molecular weight is 117 g/mol. The van der Waals surface area contributed by atoms with Crippen molar-refractivity contribution in [3.63, 3.8) is 0 Å². The summed E-state index contributed by atoms with van der Waals surface area (Å²) in [5, 5.41) is 0.583. The molecular weight excluding hydrogens is 112 g/mol. The van der Waals surface area contributed by atoms with Gasteiger partial charge in [-0.1, -0.05) is 0 Å². The molecule has 3 heteroatoms. The van der Waals surface area contributed by atoms with E-state index in [1.165, 1.54) is 6.20 Å². The van der Waals surface area contributed by atoms with Crippen LogP contribution in [0.25, 0.3) is 0 Å². The number of hydrogen-bond donors (Lipinski definition) is 1. The zero-order valence-corrected chi connectivity index (χ0v) is 4.76. The summed E-state index contributed by atoms with van der Waals surface area (Å²) in [7, 11) is 2.27. The highest BCUT2D eigenvalue weighted by molar-refractivity contribution is 7.27. The van der Waals surface area contributed by atoms with E-state index in [4.69, 9.17) is 0 Å². The van der Waals surface area contributed by atoms with Crippen molar-refractivity contribution in [3.8, 4) is 0 Å². The Morgan fingerprint density at radius 1 is 1.57 bits per heavy atom. The number of rotatable bonds is 0. The highest BCUT2D eigenvalue weighted by Crippen LogP contribution is 1.93. The molecule has 1 rings (SSSR count). The largest absolute Gasteiger partial charge is 0.365 e. The lowest BCUT2D eigenvalue weighted by atomic mass is 10.6. The van der Waals surface area contributed by atoms with Gasteiger partial charge in [-0.25, -0.2) is 4.39 Å². The fourth-order valence-electron chi connectivity index (χ4n) is 0.357. The minimum absolute atomic E-state index is 0.204. The molecule has 0 bridgehead atoms. The van der Waals surface area contributed by atoms with E-state index >= 15 is 0 Å². The van der Waals surface area contributed by atoms with Gasteiger partial charge in [0.25, 0.3) is 0 Å². The molecule has 1 unspecified atom stereocenters. The maximum atomic E-state index is 12.0. The lowest BCUT2D eigenvalue weighted by Gasteiger charge is -1.74. The van der Waals surface area contributed by atoms with E-state index < -0.39 is 0 Å². The van der Waals surface area contributed by atoms with Crippen LogP contribution < -0.4 is 5.30 Å². The van der Waals surface area contributed by atoms with Gasteiger partial charge >= 0.3 is 0 Å². The molecule has 0 aromatic carbocycles. The summed E-state index contributed by atoms with van der Waals surface area (Å²) in [5.41, 5.74) is 0. The molecule has 1 aromatic rings. The van der Waals surface area contributed by atoms with Gasteiger partial charge < -0.3 is 4.98 Å². The smallest absolute Gasteiger partial charge is 0.147 e. The standard InChI is InChI=1S/C4H5FNP/c5-3-1-6-2-4(3)7/h1-2,6H,7H2. The van der Waals surface area contributed by atoms with Crippen LogP contribution in [0.15, 0.2) is 12.4 Å². The van der Waals surface area contributed by atoms with E-state index in [0.717, 1.165) is 0 Å². The Bertz CT molecular complexity index is 144. The molecule has 0 spiro atoms. The van der Waals surface area contributed by atoms with Crippen molar-refractivity contribution >= 4 is 14.5 Å². The van der Waals surface area contributed by atoms with Crippen molar-refractivity contribution in [2.75, 3.05) is 0 Å². The summed E-state index contributed by atoms with van der Waals surface area (Å²) in [6.07, 6.45) is 2.89. The van der Waals surface area contributed by atoms with Crippen LogP contribution in [0.1, 0.15) is 0 Å². The van der Waals surface area contributed by atoms with Crippen molar-refractivity contribution in [1.29, 1.82) is 0 Å². The number of hydrogen-bond acceptors (Lipinski definition) is 0. The maximum absolute atomic E-state index is 12.0. The van der Waals surface area contributed by atoms with Gasteiger partial charge in [0.1, 0.15) is 5.82 Å². The van der Waals surface area contributed by atoms with Crippen LogP contribution in [0, 0.1) is 5.82 Å². The Morgan fingerprint density at radius 3 is 2.43 bits per heavy atom. The second-order valence-corrected chi connectivity index (χ2v) is 1.88. The van der Waals surface area contributed by atoms with E-state index in [-0.39, 0.29) is 5.82 Å². The third-order valence-electron chi connectivity index (χ3n) is 0.725. The topological polar surface area (TPSA) is 15.8 Å². The minimum atomic E-state index is -0.204. The summed E-state index contributed by atoms with van der Waals surface area (Å²) >= 11 is 0. The van der Waals surface area contributed by atoms with Crippen molar-refractivity contribution in [2.24, 2.45) is 0 Å². The van der Waals surface area contributed by atoms with Gasteiger partial charge in [-0.15, -0.1) is 9.24 Å². The molecule has 1 aromatic heterocycles. The maximum Gasteiger partial charge on any atom is 0.147 e. The van der Waals surface area contributed by atoms with Crippen molar-refractivity contribution in [3.05, 3.63) is 18.2 Å². The summed E-state index contributed by atoms with van der Waals surface area (Å²) < 4.78 is 12.0. The number of aromatic nitrogens is 1. The summed E-state index contributed by atoms with van der Waals surface area (Å²) in [5.74, 6) is -0.204. The molecule has 0 aliphatic carbocycles. The lowest BCUT2D eigenvalue weighted by molar-refractivity contribution is 0.637. The zero-order chi connectivity index (χ0) is 5.28. The summed E-state index contributed by atoms with van der Waals surface area (Å²) in [6.45, 7) is 0. The van der Waals surface area contributed by atoms with Crippen LogP contribution in [0.3, 0.4) is 0 Å². The normalized spacial score (nSPS) is 9.43. The van der Waals surface area contributed by atoms with Crippen molar-refractivity contribution < 1.29 is 4.39 Å². The summed E-state index contributed by atoms with van der Waals surface area (Å²) in [4.78, 5) is 2.60. The molecule has 0 aliphatic rings. The van der Waals surface area contributed by atoms with Gasteiger partial charge in [0.05, 0.1) is 0 Å². The number of aromatic amines is 1. The molecule has 1 heterocycles. The molecule has 1 atom stereocenters. The first-order valence-corrected chi connectivity index (χ1v) is 2.46. The fourth-order valence-corrected chi connectivity index (χ4v) is 0.536. The Kier molecular flexibility index (Phi) is 1.11. The first-order valence-electron chi connectivity index (χ1n) is 1.88. The van der Waals surface area contributed by atoms with Crippen LogP contribution in [0.4, 0.5) is 4.39 Å². The first kappa shape index (κ1) is 4.79. The quantitative estimate of drug-likeness (QED) is 0.480. The van der Waals surface area contributed by atoms with Crippen molar-refractivity contribution in [2.45, 2.75) is 0 Å². The van der Waals surface area contributed by atoms with Crippen LogP contribution in [0.5, 0.6) is 0 Å². The predicted octanol–water partition coefficient (Wildman–Crippen LogP) is 0.654. The fraction of sp³-hybridized carbons (Fsp3) is 0. The molecule has 1 N–H and O–H groups in total. The predicted molar refractivity (Wildman–Crippen MR) is 30.1 cm³/mol. The Balaban J connectivity index is 3.12. The SMILES string of the molecule is Fc1c[nH]cc1P. The van der Waals surface area contributed by atoms with Crippen LogP contribution in [0.2, 0.25) is 0 Å². The Morgan fingerprint density at radius 2 is 2.29 bits per heavy atom. The highest BCUT2D eigenvalue weighted by Gasteiger charge is 1.91. The minimum Gasteiger partial charge on any atom is -0.365 e. The highest BCUT2D eigenvalue weighted by atomic mass is 31.0. The van der Waals surface area contributed by atoms with Gasteiger partial charge in [0.15, 0.2) is 0 Å². The molecule has 7 heavy (non-hydrogen) atoms. The lowest BCUT2D eigenvalue weighted by Crippen LogP contribution is -1.86. The van der Waals surface area contributed by atoms with Gasteiger partial charge in [0, 0.05) is 17.7 Å². The molecule has 0 saturated heterocycles. The molecule has 0 radical (unpaired) electrons. The van der Waals surface area contributed by atoms with E-state index in [1.807, 2.05) is 0 Å². The van der Waals surface area contributed by atoms with Crippen LogP contribution >= 0.6 is 9.24 Å². The Labute approximate surface area is 43.1 Å². The molecule has 0 aliphatic heterocycles. The zero-order valence-electron chi connectivity index (χ0n) is 3.61. The summed E-state index contributed by atoms with van der Waals surface area (Å²) in [6, 6.07) is 0. The molecule has 0 fully saturated rings. The van der Waals surface area contributed by atoms with E-state index in [1.54, 1.807) is 6.20 Å². The van der Waals surface area contributed by atoms with E-state index in [2.05, 4.69) is 14.2 Å². The number of H-pyrrole nitrogens is 1. The van der Waals surface area contributed by atoms with E-state index in [9.17, 15) is 4.39 Å². The second kappa shape index (κ2) is 1.63. The second-order valence-electron chi connectivity index (χ2n) is 1.26.